The molecule has 0 bridgehead atoms. The topological polar surface area (TPSA) is 55.4 Å². The summed E-state index contributed by atoms with van der Waals surface area (Å²) in [6, 6.07) is 6.87. The number of unbranched alkanes of at least 4 members (excludes halogenated alkanes) is 1. The summed E-state index contributed by atoms with van der Waals surface area (Å²) in [6.07, 6.45) is 1.49. The molecule has 0 aliphatic carbocycles. The van der Waals surface area contributed by atoms with Crippen molar-refractivity contribution in [3.05, 3.63) is 34.9 Å². The highest BCUT2D eigenvalue weighted by atomic mass is 35.5. The van der Waals surface area contributed by atoms with Crippen molar-refractivity contribution in [1.82, 2.24) is 5.32 Å². The number of alkyl carbamates (subject to hydrolysis) is 1. The van der Waals surface area contributed by atoms with Crippen LogP contribution in [0.25, 0.3) is 0 Å². The number of Topliss-reactive ketones (excluding diaryl/α,β-unsaturated/α-hetero) is 1. The summed E-state index contributed by atoms with van der Waals surface area (Å²) in [4.78, 5) is 23.3. The molecule has 1 aromatic rings. The van der Waals surface area contributed by atoms with E-state index in [9.17, 15) is 9.59 Å². The Morgan fingerprint density at radius 3 is 2.33 bits per heavy atom. The summed E-state index contributed by atoms with van der Waals surface area (Å²) in [5.41, 5.74) is 0.175. The van der Waals surface area contributed by atoms with Crippen LogP contribution in [0.2, 0.25) is 5.02 Å². The third-order valence-electron chi connectivity index (χ3n) is 2.67. The molecule has 0 saturated carbocycles. The minimum absolute atomic E-state index is 0.0870. The lowest BCUT2D eigenvalue weighted by molar-refractivity contribution is 0.0527. The summed E-state index contributed by atoms with van der Waals surface area (Å²) < 4.78 is 5.12. The van der Waals surface area contributed by atoms with Gasteiger partial charge >= 0.3 is 6.09 Å². The molecular weight excluding hydrogens is 290 g/mol. The number of benzene rings is 1. The number of ketones is 1. The van der Waals surface area contributed by atoms with E-state index in [2.05, 4.69) is 5.32 Å². The highest BCUT2D eigenvalue weighted by molar-refractivity contribution is 6.30. The van der Waals surface area contributed by atoms with E-state index in [4.69, 9.17) is 16.3 Å². The van der Waals surface area contributed by atoms with Crippen LogP contribution in [0.15, 0.2) is 24.3 Å². The second kappa shape index (κ2) is 8.03. The van der Waals surface area contributed by atoms with Crippen molar-refractivity contribution in [2.45, 2.75) is 45.6 Å². The van der Waals surface area contributed by atoms with Gasteiger partial charge in [-0.1, -0.05) is 11.6 Å². The quantitative estimate of drug-likeness (QED) is 0.632. The first-order chi connectivity index (χ1) is 9.78. The maximum atomic E-state index is 11.9. The fourth-order valence-corrected chi connectivity index (χ4v) is 1.82. The maximum absolute atomic E-state index is 11.9. The zero-order valence-corrected chi connectivity index (χ0v) is 13.5. The molecule has 0 saturated heterocycles. The highest BCUT2D eigenvalue weighted by Crippen LogP contribution is 2.12. The van der Waals surface area contributed by atoms with Crippen molar-refractivity contribution in [3.63, 3.8) is 0 Å². The van der Waals surface area contributed by atoms with Crippen LogP contribution in [0.4, 0.5) is 4.79 Å². The zero-order valence-electron chi connectivity index (χ0n) is 12.7. The lowest BCUT2D eigenvalue weighted by atomic mass is 10.1. The first-order valence-electron chi connectivity index (χ1n) is 7.03. The number of halogens is 1. The Bertz CT molecular complexity index is 477. The molecule has 5 heteroatoms. The molecule has 116 valence electrons. The van der Waals surface area contributed by atoms with Gasteiger partial charge < -0.3 is 10.1 Å². The van der Waals surface area contributed by atoms with Gasteiger partial charge in [-0.25, -0.2) is 4.79 Å². The second-order valence-electron chi connectivity index (χ2n) is 5.82. The van der Waals surface area contributed by atoms with Crippen LogP contribution in [0.5, 0.6) is 0 Å². The first kappa shape index (κ1) is 17.5. The molecule has 0 heterocycles. The Morgan fingerprint density at radius 1 is 1.14 bits per heavy atom. The van der Waals surface area contributed by atoms with Gasteiger partial charge in [-0.3, -0.25) is 4.79 Å². The molecule has 0 aliphatic rings. The average molecular weight is 312 g/mol. The van der Waals surface area contributed by atoms with Gasteiger partial charge in [0.15, 0.2) is 5.78 Å². The van der Waals surface area contributed by atoms with Crippen molar-refractivity contribution in [3.8, 4) is 0 Å². The lowest BCUT2D eigenvalue weighted by Gasteiger charge is -2.19. The number of rotatable bonds is 6. The summed E-state index contributed by atoms with van der Waals surface area (Å²) >= 11 is 5.77. The molecule has 0 atom stereocenters. The number of carbonyl (C=O) groups excluding carboxylic acids is 2. The number of carbonyl (C=O) groups is 2. The van der Waals surface area contributed by atoms with E-state index in [1.807, 2.05) is 20.8 Å². The van der Waals surface area contributed by atoms with Crippen molar-refractivity contribution >= 4 is 23.5 Å². The van der Waals surface area contributed by atoms with Gasteiger partial charge in [0.2, 0.25) is 0 Å². The zero-order chi connectivity index (χ0) is 15.9. The number of nitrogens with one attached hydrogen (secondary N) is 1. The van der Waals surface area contributed by atoms with Crippen molar-refractivity contribution < 1.29 is 14.3 Å². The van der Waals surface area contributed by atoms with Gasteiger partial charge in [0.05, 0.1) is 0 Å². The van der Waals surface area contributed by atoms with Crippen LogP contribution < -0.4 is 5.32 Å². The van der Waals surface area contributed by atoms with Crippen molar-refractivity contribution in [1.29, 1.82) is 0 Å². The van der Waals surface area contributed by atoms with Gasteiger partial charge in [-0.15, -0.1) is 0 Å². The number of ether oxygens (including phenoxy) is 1. The van der Waals surface area contributed by atoms with Gasteiger partial charge in [-0.2, -0.15) is 0 Å². The molecule has 0 unspecified atom stereocenters. The fourth-order valence-electron chi connectivity index (χ4n) is 1.70. The molecule has 1 aromatic carbocycles. The van der Waals surface area contributed by atoms with Crippen LogP contribution in [0.3, 0.4) is 0 Å². The van der Waals surface area contributed by atoms with Gasteiger partial charge in [0, 0.05) is 23.6 Å². The highest BCUT2D eigenvalue weighted by Gasteiger charge is 2.15. The smallest absolute Gasteiger partial charge is 0.407 e. The SMILES string of the molecule is CC(C)(C)OC(=O)NCCCCC(=O)c1ccc(Cl)cc1. The van der Waals surface area contributed by atoms with E-state index in [1.54, 1.807) is 24.3 Å². The van der Waals surface area contributed by atoms with E-state index in [0.717, 1.165) is 12.8 Å². The van der Waals surface area contributed by atoms with Crippen LogP contribution in [0, 0.1) is 0 Å². The maximum Gasteiger partial charge on any atom is 0.407 e. The van der Waals surface area contributed by atoms with Crippen LogP contribution in [-0.2, 0) is 4.74 Å². The predicted molar refractivity (Wildman–Crippen MR) is 83.9 cm³/mol. The third-order valence-corrected chi connectivity index (χ3v) is 2.92. The molecule has 0 spiro atoms. The van der Waals surface area contributed by atoms with E-state index >= 15 is 0 Å². The van der Waals surface area contributed by atoms with Crippen molar-refractivity contribution in [2.24, 2.45) is 0 Å². The van der Waals surface area contributed by atoms with Crippen molar-refractivity contribution in [2.75, 3.05) is 6.54 Å². The van der Waals surface area contributed by atoms with Crippen LogP contribution in [0.1, 0.15) is 50.4 Å². The molecule has 4 nitrogen and oxygen atoms in total. The first-order valence-corrected chi connectivity index (χ1v) is 7.41. The molecule has 21 heavy (non-hydrogen) atoms. The largest absolute Gasteiger partial charge is 0.444 e. The van der Waals surface area contributed by atoms with Crippen LogP contribution in [-0.4, -0.2) is 24.0 Å². The standard InChI is InChI=1S/C16H22ClNO3/c1-16(2,3)21-15(20)18-11-5-4-6-14(19)12-7-9-13(17)10-8-12/h7-10H,4-6,11H2,1-3H3,(H,18,20). The van der Waals surface area contributed by atoms with Gasteiger partial charge in [0.1, 0.15) is 5.60 Å². The molecular formula is C16H22ClNO3. The lowest BCUT2D eigenvalue weighted by Crippen LogP contribution is -2.33. The average Bonchev–Trinajstić information content (AvgIpc) is 2.36. The summed E-state index contributed by atoms with van der Waals surface area (Å²) in [7, 11) is 0. The molecule has 1 rings (SSSR count). The third kappa shape index (κ3) is 7.71. The molecule has 0 fully saturated rings. The summed E-state index contributed by atoms with van der Waals surface area (Å²) in [5.74, 6) is 0.0870. The summed E-state index contributed by atoms with van der Waals surface area (Å²) in [6.45, 7) is 5.95. The van der Waals surface area contributed by atoms with Gasteiger partial charge in [-0.05, 0) is 57.9 Å². The number of amides is 1. The Hall–Kier alpha value is -1.55. The Morgan fingerprint density at radius 2 is 1.76 bits per heavy atom. The van der Waals surface area contributed by atoms with E-state index in [1.165, 1.54) is 0 Å². The van der Waals surface area contributed by atoms with Crippen LogP contribution >= 0.6 is 11.6 Å². The Kier molecular flexibility index (Phi) is 6.69. The van der Waals surface area contributed by atoms with E-state index < -0.39 is 11.7 Å². The minimum atomic E-state index is -0.491. The van der Waals surface area contributed by atoms with Gasteiger partial charge in [0.25, 0.3) is 0 Å². The van der Waals surface area contributed by atoms with E-state index in [0.29, 0.717) is 23.6 Å². The molecule has 1 N–H and O–H groups in total. The second-order valence-corrected chi connectivity index (χ2v) is 6.25. The molecule has 0 radical (unpaired) electrons. The molecule has 0 aliphatic heterocycles. The fraction of sp³-hybridized carbons (Fsp3) is 0.500. The number of hydrogen-bond acceptors (Lipinski definition) is 3. The summed E-state index contributed by atoms with van der Waals surface area (Å²) in [5, 5.41) is 3.29. The molecule has 1 amide bonds. The van der Waals surface area contributed by atoms with E-state index in [-0.39, 0.29) is 5.78 Å². The monoisotopic (exact) mass is 311 g/mol. The number of hydrogen-bond donors (Lipinski definition) is 1. The Balaban J connectivity index is 2.18. The molecule has 0 aromatic heterocycles. The Labute approximate surface area is 130 Å². The normalized spacial score (nSPS) is 11.0. The minimum Gasteiger partial charge on any atom is -0.444 e. The predicted octanol–water partition coefficient (Wildman–Crippen LogP) is 4.22.